The number of halogens is 1. The smallest absolute Gasteiger partial charge is 0.242 e. The van der Waals surface area contributed by atoms with E-state index in [4.69, 9.17) is 18.0 Å². The molecule has 3 N–H and O–H groups in total. The summed E-state index contributed by atoms with van der Waals surface area (Å²) in [5.74, 6) is 0. The van der Waals surface area contributed by atoms with Crippen LogP contribution in [0.15, 0.2) is 27.8 Å². The van der Waals surface area contributed by atoms with Gasteiger partial charge in [-0.2, -0.15) is 0 Å². The molecule has 8 heteroatoms. The van der Waals surface area contributed by atoms with Crippen LogP contribution in [0.2, 0.25) is 0 Å². The van der Waals surface area contributed by atoms with Gasteiger partial charge in [-0.25, -0.2) is 13.1 Å². The number of nitrogens with one attached hydrogen (secondary N) is 1. The summed E-state index contributed by atoms with van der Waals surface area (Å²) in [6.45, 7) is 0.359. The lowest BCUT2D eigenvalue weighted by atomic mass is 10.2. The highest BCUT2D eigenvalue weighted by molar-refractivity contribution is 9.10. The van der Waals surface area contributed by atoms with E-state index >= 15 is 0 Å². The lowest BCUT2D eigenvalue weighted by molar-refractivity contribution is 0.577. The number of nitrogens with two attached hydrogens (primary N) is 1. The number of sulfonamides is 1. The average molecular weight is 352 g/mol. The van der Waals surface area contributed by atoms with E-state index in [1.165, 1.54) is 18.5 Å². The number of pyridine rings is 1. The van der Waals surface area contributed by atoms with Crippen molar-refractivity contribution >= 4 is 43.2 Å². The predicted molar refractivity (Wildman–Crippen MR) is 77.8 cm³/mol. The van der Waals surface area contributed by atoms with Gasteiger partial charge in [0, 0.05) is 23.4 Å². The first-order valence-corrected chi connectivity index (χ1v) is 7.99. The summed E-state index contributed by atoms with van der Waals surface area (Å²) in [5.41, 5.74) is 5.35. The van der Waals surface area contributed by atoms with Gasteiger partial charge in [-0.3, -0.25) is 4.98 Å². The lowest BCUT2D eigenvalue weighted by Crippen LogP contribution is -2.25. The van der Waals surface area contributed by atoms with Gasteiger partial charge in [0.25, 0.3) is 0 Å². The Bertz CT molecular complexity index is 520. The molecule has 0 aromatic carbocycles. The van der Waals surface area contributed by atoms with Crippen LogP contribution in [-0.4, -0.2) is 24.9 Å². The molecule has 0 saturated carbocycles. The molecule has 0 radical (unpaired) electrons. The van der Waals surface area contributed by atoms with Crippen molar-refractivity contribution in [2.75, 3.05) is 6.54 Å². The quantitative estimate of drug-likeness (QED) is 0.575. The first-order chi connectivity index (χ1) is 8.42. The third kappa shape index (κ3) is 5.38. The van der Waals surface area contributed by atoms with Crippen LogP contribution in [0.5, 0.6) is 0 Å². The molecule has 0 atom stereocenters. The van der Waals surface area contributed by atoms with Crippen LogP contribution in [0.25, 0.3) is 0 Å². The summed E-state index contributed by atoms with van der Waals surface area (Å²) in [7, 11) is -3.49. The number of hydrogen-bond donors (Lipinski definition) is 2. The highest BCUT2D eigenvalue weighted by atomic mass is 79.9. The van der Waals surface area contributed by atoms with Crippen molar-refractivity contribution in [1.29, 1.82) is 0 Å². The Labute approximate surface area is 120 Å². The minimum absolute atomic E-state index is 0.145. The first kappa shape index (κ1) is 15.5. The fraction of sp³-hybridized carbons (Fsp3) is 0.400. The maximum absolute atomic E-state index is 11.9. The average Bonchev–Trinajstić information content (AvgIpc) is 2.28. The first-order valence-electron chi connectivity index (χ1n) is 5.30. The molecular formula is C10H14BrN3O2S2. The zero-order valence-corrected chi connectivity index (χ0v) is 12.8. The molecule has 0 aliphatic heterocycles. The van der Waals surface area contributed by atoms with Gasteiger partial charge in [0.15, 0.2) is 0 Å². The molecule has 1 aromatic rings. The summed E-state index contributed by atoms with van der Waals surface area (Å²) in [4.78, 5) is 4.42. The Kier molecular flexibility index (Phi) is 6.13. The normalized spacial score (nSPS) is 11.4. The monoisotopic (exact) mass is 351 g/mol. The SMILES string of the molecule is NC(=S)CCCCNS(=O)(=O)c1cncc(Br)c1. The molecule has 1 heterocycles. The number of thiocarbonyl (C=S) groups is 1. The molecule has 0 aliphatic rings. The van der Waals surface area contributed by atoms with Crippen LogP contribution in [0.3, 0.4) is 0 Å². The van der Waals surface area contributed by atoms with Crippen LogP contribution < -0.4 is 10.5 Å². The highest BCUT2D eigenvalue weighted by Gasteiger charge is 2.13. The van der Waals surface area contributed by atoms with Gasteiger partial charge in [-0.15, -0.1) is 0 Å². The van der Waals surface area contributed by atoms with Crippen LogP contribution in [0.1, 0.15) is 19.3 Å². The lowest BCUT2D eigenvalue weighted by Gasteiger charge is -2.06. The molecule has 0 fully saturated rings. The minimum Gasteiger partial charge on any atom is -0.393 e. The van der Waals surface area contributed by atoms with Crippen molar-refractivity contribution in [3.05, 3.63) is 22.9 Å². The molecule has 0 saturated heterocycles. The summed E-state index contributed by atoms with van der Waals surface area (Å²) in [6, 6.07) is 1.50. The van der Waals surface area contributed by atoms with Crippen LogP contribution >= 0.6 is 28.1 Å². The van der Waals surface area contributed by atoms with Crippen LogP contribution in [0, 0.1) is 0 Å². The van der Waals surface area contributed by atoms with Crippen LogP contribution in [0.4, 0.5) is 0 Å². The maximum Gasteiger partial charge on any atom is 0.242 e. The zero-order valence-electron chi connectivity index (χ0n) is 9.60. The van der Waals surface area contributed by atoms with Crippen molar-refractivity contribution in [2.24, 2.45) is 5.73 Å². The summed E-state index contributed by atoms with van der Waals surface area (Å²) in [6.07, 6.45) is 4.94. The molecule has 0 spiro atoms. The van der Waals surface area contributed by atoms with E-state index in [2.05, 4.69) is 25.6 Å². The number of hydrogen-bond acceptors (Lipinski definition) is 4. The predicted octanol–water partition coefficient (Wildman–Crippen LogP) is 1.58. The second-order valence-corrected chi connectivity index (χ2v) is 6.87. The fourth-order valence-electron chi connectivity index (χ4n) is 1.25. The molecule has 0 unspecified atom stereocenters. The molecular weight excluding hydrogens is 338 g/mol. The number of rotatable bonds is 7. The van der Waals surface area contributed by atoms with Gasteiger partial charge in [-0.1, -0.05) is 12.2 Å². The van der Waals surface area contributed by atoms with E-state index in [9.17, 15) is 8.42 Å². The van der Waals surface area contributed by atoms with Crippen molar-refractivity contribution in [1.82, 2.24) is 9.71 Å². The van der Waals surface area contributed by atoms with Crippen molar-refractivity contribution in [3.63, 3.8) is 0 Å². The molecule has 100 valence electrons. The van der Waals surface area contributed by atoms with Gasteiger partial charge in [0.1, 0.15) is 4.90 Å². The van der Waals surface area contributed by atoms with Crippen LogP contribution in [-0.2, 0) is 10.0 Å². The van der Waals surface area contributed by atoms with Gasteiger partial charge >= 0.3 is 0 Å². The second kappa shape index (κ2) is 7.13. The molecule has 1 aromatic heterocycles. The second-order valence-electron chi connectivity index (χ2n) is 3.66. The Hall–Kier alpha value is -0.570. The molecule has 5 nitrogen and oxygen atoms in total. The van der Waals surface area contributed by atoms with E-state index in [0.29, 0.717) is 28.8 Å². The van der Waals surface area contributed by atoms with Crippen molar-refractivity contribution < 1.29 is 8.42 Å². The Morgan fingerprint density at radius 3 is 2.78 bits per heavy atom. The summed E-state index contributed by atoms with van der Waals surface area (Å²) >= 11 is 7.92. The van der Waals surface area contributed by atoms with E-state index in [-0.39, 0.29) is 4.90 Å². The van der Waals surface area contributed by atoms with E-state index in [0.717, 1.165) is 6.42 Å². The van der Waals surface area contributed by atoms with Gasteiger partial charge in [0.2, 0.25) is 10.0 Å². The highest BCUT2D eigenvalue weighted by Crippen LogP contribution is 2.13. The van der Waals surface area contributed by atoms with Gasteiger partial charge in [0.05, 0.1) is 4.99 Å². The minimum atomic E-state index is -3.49. The Morgan fingerprint density at radius 2 is 2.17 bits per heavy atom. The van der Waals surface area contributed by atoms with Gasteiger partial charge in [-0.05, 0) is 41.3 Å². The molecule has 1 rings (SSSR count). The molecule has 0 aliphatic carbocycles. The van der Waals surface area contributed by atoms with E-state index < -0.39 is 10.0 Å². The molecule has 0 amide bonds. The standard InChI is InChI=1S/C10H14BrN3O2S2/c11-8-5-9(7-13-6-8)18(15,16)14-4-2-1-3-10(12)17/h5-7,14H,1-4H2,(H2,12,17). The third-order valence-electron chi connectivity index (χ3n) is 2.13. The summed E-state index contributed by atoms with van der Waals surface area (Å²) in [5, 5.41) is 0. The molecule has 0 bridgehead atoms. The Morgan fingerprint density at radius 1 is 1.44 bits per heavy atom. The maximum atomic E-state index is 11.9. The fourth-order valence-corrected chi connectivity index (χ4v) is 2.98. The topological polar surface area (TPSA) is 85.1 Å². The number of nitrogens with zero attached hydrogens (tertiary/aromatic N) is 1. The largest absolute Gasteiger partial charge is 0.393 e. The summed E-state index contributed by atoms with van der Waals surface area (Å²) < 4.78 is 26.8. The number of aromatic nitrogens is 1. The van der Waals surface area contributed by atoms with Crippen molar-refractivity contribution in [3.8, 4) is 0 Å². The van der Waals surface area contributed by atoms with E-state index in [1.807, 2.05) is 0 Å². The number of unbranched alkanes of at least 4 members (excludes halogenated alkanes) is 1. The molecule has 18 heavy (non-hydrogen) atoms. The zero-order chi connectivity index (χ0) is 13.6. The van der Waals surface area contributed by atoms with E-state index in [1.54, 1.807) is 0 Å². The third-order valence-corrected chi connectivity index (χ3v) is 4.20. The Balaban J connectivity index is 2.48. The van der Waals surface area contributed by atoms with Crippen molar-refractivity contribution in [2.45, 2.75) is 24.2 Å². The van der Waals surface area contributed by atoms with Gasteiger partial charge < -0.3 is 5.73 Å².